The minimum Gasteiger partial charge on any atom is -0.394 e. The van der Waals surface area contributed by atoms with Gasteiger partial charge in [0.1, 0.15) is 42.7 Å². The van der Waals surface area contributed by atoms with Crippen molar-refractivity contribution in [2.24, 2.45) is 0 Å². The van der Waals surface area contributed by atoms with Crippen molar-refractivity contribution in [2.75, 3.05) is 13.2 Å². The van der Waals surface area contributed by atoms with E-state index in [1.54, 1.807) is 12.1 Å². The van der Waals surface area contributed by atoms with E-state index in [-0.39, 0.29) is 13.0 Å². The van der Waals surface area contributed by atoms with Crippen LogP contribution in [0, 0.1) is 23.7 Å². The molecular weight excluding hydrogens is 456 g/mol. The minimum absolute atomic E-state index is 0.146. The first-order valence-corrected chi connectivity index (χ1v) is 11.3. The Bertz CT molecular complexity index is 1160. The lowest BCUT2D eigenvalue weighted by atomic mass is 9.95. The lowest BCUT2D eigenvalue weighted by Gasteiger charge is -2.37. The number of hydrogen-bond donors (Lipinski definition) is 7. The lowest BCUT2D eigenvalue weighted by molar-refractivity contribution is -0.214. The van der Waals surface area contributed by atoms with Gasteiger partial charge in [-0.15, -0.1) is 0 Å². The van der Waals surface area contributed by atoms with Crippen molar-refractivity contribution in [1.29, 1.82) is 0 Å². The summed E-state index contributed by atoms with van der Waals surface area (Å²) in [5, 5.41) is 70.3. The SMILES string of the molecule is OC[C@@H]1C[C@H](O)[C@H](O)C(C#Cc2ccc3cc(C#CC4O[C@H](CO)[C@@H](O)[C@H](O)[C@@H]4O)ccc3c2)O1. The van der Waals surface area contributed by atoms with Crippen LogP contribution in [0.2, 0.25) is 0 Å². The molecule has 9 nitrogen and oxygen atoms in total. The predicted octanol–water partition coefficient (Wildman–Crippen LogP) is -1.74. The highest BCUT2D eigenvalue weighted by Crippen LogP contribution is 2.22. The summed E-state index contributed by atoms with van der Waals surface area (Å²) in [5.74, 6) is 11.4. The molecule has 9 atom stereocenters. The highest BCUT2D eigenvalue weighted by atomic mass is 16.5. The maximum atomic E-state index is 10.1. The van der Waals surface area contributed by atoms with E-state index in [1.165, 1.54) is 0 Å². The molecule has 0 amide bonds. The van der Waals surface area contributed by atoms with Gasteiger partial charge in [0.2, 0.25) is 0 Å². The van der Waals surface area contributed by atoms with Crippen LogP contribution in [0.1, 0.15) is 17.5 Å². The summed E-state index contributed by atoms with van der Waals surface area (Å²) < 4.78 is 10.9. The molecule has 186 valence electrons. The van der Waals surface area contributed by atoms with Crippen molar-refractivity contribution in [3.05, 3.63) is 47.5 Å². The second-order valence-corrected chi connectivity index (χ2v) is 8.72. The van der Waals surface area contributed by atoms with Gasteiger partial charge in [-0.3, -0.25) is 0 Å². The van der Waals surface area contributed by atoms with Gasteiger partial charge in [0.15, 0.2) is 0 Å². The van der Waals surface area contributed by atoms with Crippen molar-refractivity contribution < 1.29 is 45.2 Å². The Labute approximate surface area is 202 Å². The fraction of sp³-hybridized carbons (Fsp3) is 0.462. The third-order valence-corrected chi connectivity index (χ3v) is 6.20. The molecule has 4 rings (SSSR count). The van der Waals surface area contributed by atoms with Gasteiger partial charge in [-0.1, -0.05) is 35.8 Å². The second kappa shape index (κ2) is 11.0. The molecule has 2 aliphatic heterocycles. The molecule has 2 fully saturated rings. The van der Waals surface area contributed by atoms with E-state index in [0.29, 0.717) is 11.1 Å². The zero-order chi connectivity index (χ0) is 25.1. The topological polar surface area (TPSA) is 160 Å². The third-order valence-electron chi connectivity index (χ3n) is 6.20. The molecule has 9 heteroatoms. The van der Waals surface area contributed by atoms with Crippen molar-refractivity contribution >= 4 is 10.8 Å². The fourth-order valence-corrected chi connectivity index (χ4v) is 4.12. The van der Waals surface area contributed by atoms with E-state index in [9.17, 15) is 35.7 Å². The molecule has 2 heterocycles. The Morgan fingerprint density at radius 2 is 1.26 bits per heavy atom. The summed E-state index contributed by atoms with van der Waals surface area (Å²) in [7, 11) is 0. The Hall–Kier alpha value is -2.54. The Balaban J connectivity index is 1.50. The molecular formula is C26H28O9. The molecule has 35 heavy (non-hydrogen) atoms. The van der Waals surface area contributed by atoms with Crippen molar-refractivity contribution in [1.82, 2.24) is 0 Å². The Morgan fingerprint density at radius 3 is 1.80 bits per heavy atom. The number of hydrogen-bond acceptors (Lipinski definition) is 9. The fourth-order valence-electron chi connectivity index (χ4n) is 4.12. The van der Waals surface area contributed by atoms with Gasteiger partial charge in [0, 0.05) is 17.5 Å². The van der Waals surface area contributed by atoms with E-state index in [1.807, 2.05) is 24.3 Å². The zero-order valence-corrected chi connectivity index (χ0v) is 18.7. The van der Waals surface area contributed by atoms with Gasteiger partial charge in [-0.2, -0.15) is 0 Å². The number of benzene rings is 2. The Kier molecular flexibility index (Phi) is 8.05. The predicted molar refractivity (Wildman–Crippen MR) is 124 cm³/mol. The summed E-state index contributed by atoms with van der Waals surface area (Å²) >= 11 is 0. The average Bonchev–Trinajstić information content (AvgIpc) is 2.87. The van der Waals surface area contributed by atoms with Crippen LogP contribution < -0.4 is 0 Å². The van der Waals surface area contributed by atoms with Gasteiger partial charge in [-0.25, -0.2) is 0 Å². The summed E-state index contributed by atoms with van der Waals surface area (Å²) in [5.41, 5.74) is 1.31. The smallest absolute Gasteiger partial charge is 0.147 e. The molecule has 2 aliphatic rings. The van der Waals surface area contributed by atoms with E-state index in [0.717, 1.165) is 10.8 Å². The summed E-state index contributed by atoms with van der Waals surface area (Å²) in [6, 6.07) is 10.9. The van der Waals surface area contributed by atoms with Gasteiger partial charge >= 0.3 is 0 Å². The Morgan fingerprint density at radius 1 is 0.686 bits per heavy atom. The molecule has 0 aliphatic carbocycles. The van der Waals surface area contributed by atoms with Crippen LogP contribution in [0.5, 0.6) is 0 Å². The molecule has 0 radical (unpaired) electrons. The van der Waals surface area contributed by atoms with Crippen molar-refractivity contribution in [2.45, 2.75) is 61.4 Å². The summed E-state index contributed by atoms with van der Waals surface area (Å²) in [4.78, 5) is 0. The van der Waals surface area contributed by atoms with Gasteiger partial charge in [-0.05, 0) is 35.0 Å². The van der Waals surface area contributed by atoms with Crippen LogP contribution in [0.3, 0.4) is 0 Å². The van der Waals surface area contributed by atoms with Gasteiger partial charge in [0.25, 0.3) is 0 Å². The largest absolute Gasteiger partial charge is 0.394 e. The summed E-state index contributed by atoms with van der Waals surface area (Å²) in [6.07, 6.45) is -9.92. The van der Waals surface area contributed by atoms with E-state index in [2.05, 4.69) is 23.7 Å². The molecule has 2 aromatic rings. The first-order chi connectivity index (χ1) is 16.8. The molecule has 0 bridgehead atoms. The molecule has 0 spiro atoms. The number of ether oxygens (including phenoxy) is 2. The molecule has 2 unspecified atom stereocenters. The van der Waals surface area contributed by atoms with Crippen LogP contribution in [0.15, 0.2) is 36.4 Å². The van der Waals surface area contributed by atoms with Crippen LogP contribution >= 0.6 is 0 Å². The monoisotopic (exact) mass is 484 g/mol. The van der Waals surface area contributed by atoms with Crippen LogP contribution in [-0.4, -0.2) is 104 Å². The van der Waals surface area contributed by atoms with E-state index >= 15 is 0 Å². The number of fused-ring (bicyclic) bond motifs is 1. The molecule has 0 saturated carbocycles. The second-order valence-electron chi connectivity index (χ2n) is 8.72. The molecule has 2 saturated heterocycles. The summed E-state index contributed by atoms with van der Waals surface area (Å²) in [6.45, 7) is -0.779. The van der Waals surface area contributed by atoms with Crippen molar-refractivity contribution in [3.8, 4) is 23.7 Å². The highest BCUT2D eigenvalue weighted by Gasteiger charge is 2.42. The molecule has 2 aromatic carbocycles. The minimum atomic E-state index is -1.48. The quantitative estimate of drug-likeness (QED) is 0.246. The molecule has 0 aromatic heterocycles. The van der Waals surface area contributed by atoms with Crippen LogP contribution in [-0.2, 0) is 9.47 Å². The number of rotatable bonds is 2. The van der Waals surface area contributed by atoms with Gasteiger partial charge in [0.05, 0.1) is 25.4 Å². The normalized spacial score (nSPS) is 35.0. The van der Waals surface area contributed by atoms with Crippen LogP contribution in [0.4, 0.5) is 0 Å². The first-order valence-electron chi connectivity index (χ1n) is 11.3. The maximum Gasteiger partial charge on any atom is 0.147 e. The number of aliphatic hydroxyl groups excluding tert-OH is 7. The van der Waals surface area contributed by atoms with Gasteiger partial charge < -0.3 is 45.2 Å². The number of aliphatic hydroxyl groups is 7. The molecule has 7 N–H and O–H groups in total. The van der Waals surface area contributed by atoms with E-state index < -0.39 is 61.5 Å². The van der Waals surface area contributed by atoms with Crippen LogP contribution in [0.25, 0.3) is 10.8 Å². The van der Waals surface area contributed by atoms with E-state index in [4.69, 9.17) is 9.47 Å². The standard InChI is InChI=1S/C26H28O9/c27-12-18-11-19(29)23(30)20(34-18)7-3-14-1-5-17-10-15(2-6-16(17)9-14)4-8-21-24(31)26(33)25(32)22(13-28)35-21/h1-2,5-6,9-10,18-33H,11-13H2/t18-,19-,20?,21?,22+,23-,24+,25+,26+/m0/s1. The average molecular weight is 485 g/mol. The first kappa shape index (κ1) is 25.5. The van der Waals surface area contributed by atoms with Crippen molar-refractivity contribution in [3.63, 3.8) is 0 Å². The third kappa shape index (κ3) is 5.66. The lowest BCUT2D eigenvalue weighted by Crippen LogP contribution is -2.58. The maximum absolute atomic E-state index is 10.1. The zero-order valence-electron chi connectivity index (χ0n) is 18.7. The highest BCUT2D eigenvalue weighted by molar-refractivity contribution is 5.85.